The van der Waals surface area contributed by atoms with Crippen molar-refractivity contribution in [1.29, 1.82) is 0 Å². The van der Waals surface area contributed by atoms with Crippen molar-refractivity contribution < 1.29 is 68.0 Å². The van der Waals surface area contributed by atoms with E-state index in [2.05, 4.69) is 21.5 Å². The quantitative estimate of drug-likeness (QED) is 0.0695. The van der Waals surface area contributed by atoms with Crippen LogP contribution in [-0.2, 0) is 53.0 Å². The maximum absolute atomic E-state index is 13.9. The number of amides is 1. The van der Waals surface area contributed by atoms with Crippen LogP contribution in [-0.4, -0.2) is 69.5 Å². The molecule has 0 radical (unpaired) electrons. The number of hydrogen-bond donors (Lipinski definition) is 3. The second kappa shape index (κ2) is 29.0. The summed E-state index contributed by atoms with van der Waals surface area (Å²) in [4.78, 5) is 25.0. The Hall–Kier alpha value is -8.86. The van der Waals surface area contributed by atoms with Crippen molar-refractivity contribution in [3.8, 4) is 23.0 Å². The highest BCUT2D eigenvalue weighted by molar-refractivity contribution is 8.06. The van der Waals surface area contributed by atoms with Gasteiger partial charge in [-0.2, -0.15) is 26.3 Å². The van der Waals surface area contributed by atoms with E-state index in [0.29, 0.717) is 60.4 Å². The monoisotopic (exact) mass is 1220 g/mol. The number of benzene rings is 7. The van der Waals surface area contributed by atoms with Gasteiger partial charge in [0.05, 0.1) is 48.9 Å². The molecule has 22 heteroatoms. The minimum atomic E-state index is -4.45. The summed E-state index contributed by atoms with van der Waals surface area (Å²) in [6, 6.07) is 45.2. The SMILES string of the molecule is C.COc1cc2c(cc1OCc1ccccc1)CCN(C(=O)OC(C)(C)C)C2CS(=O)(=O)C1=NNNN1c1ccccc1.COc1cc2c(cc1OCc1ccccc1)CCNC2/C=C/c1ccccc1C(F)(F)F.O=Cc1ccccc1C(F)(F)F. The number of fused-ring (bicyclic) bond motifs is 2. The van der Waals surface area contributed by atoms with Crippen LogP contribution < -0.4 is 40.3 Å². The van der Waals surface area contributed by atoms with Crippen molar-refractivity contribution in [1.82, 2.24) is 21.3 Å². The molecule has 0 bridgehead atoms. The van der Waals surface area contributed by atoms with Crippen LogP contribution in [0, 0.1) is 0 Å². The number of hydrazone groups is 1. The lowest BCUT2D eigenvalue weighted by Crippen LogP contribution is -2.48. The Labute approximate surface area is 502 Å². The lowest BCUT2D eigenvalue weighted by atomic mass is 9.92. The fourth-order valence-electron chi connectivity index (χ4n) is 9.63. The average molecular weight is 1220 g/mol. The fourth-order valence-corrected chi connectivity index (χ4v) is 11.2. The zero-order chi connectivity index (χ0) is 61.7. The van der Waals surface area contributed by atoms with Crippen LogP contribution in [0.3, 0.4) is 0 Å². The van der Waals surface area contributed by atoms with Crippen molar-refractivity contribution >= 4 is 39.1 Å². The van der Waals surface area contributed by atoms with Crippen molar-refractivity contribution in [3.05, 3.63) is 226 Å². The first-order valence-corrected chi connectivity index (χ1v) is 28.8. The van der Waals surface area contributed by atoms with Crippen LogP contribution in [0.2, 0.25) is 0 Å². The molecule has 0 aromatic heterocycles. The highest BCUT2D eigenvalue weighted by Crippen LogP contribution is 2.42. The van der Waals surface area contributed by atoms with Gasteiger partial charge < -0.3 is 29.0 Å². The van der Waals surface area contributed by atoms with Crippen LogP contribution >= 0.6 is 0 Å². The van der Waals surface area contributed by atoms with Gasteiger partial charge in [0.25, 0.3) is 5.17 Å². The maximum atomic E-state index is 13.9. The van der Waals surface area contributed by atoms with E-state index in [1.165, 1.54) is 47.4 Å². The van der Waals surface area contributed by atoms with Crippen molar-refractivity contribution in [2.75, 3.05) is 38.1 Å². The average Bonchev–Trinajstić information content (AvgIpc) is 1.69. The topological polar surface area (TPSA) is 169 Å². The Kier molecular flexibility index (Phi) is 21.9. The summed E-state index contributed by atoms with van der Waals surface area (Å²) in [5.41, 5.74) is 9.03. The second-order valence-electron chi connectivity index (χ2n) is 20.8. The van der Waals surface area contributed by atoms with E-state index in [4.69, 9.17) is 23.7 Å². The first kappa shape index (κ1) is 65.7. The van der Waals surface area contributed by atoms with Crippen LogP contribution in [0.25, 0.3) is 6.08 Å². The third-order valence-electron chi connectivity index (χ3n) is 13.7. The van der Waals surface area contributed by atoms with Gasteiger partial charge in [-0.3, -0.25) is 9.69 Å². The molecule has 7 aromatic rings. The van der Waals surface area contributed by atoms with Gasteiger partial charge in [0, 0.05) is 18.7 Å². The highest BCUT2D eigenvalue weighted by atomic mass is 32.2. The molecular formula is C65H68F6N6O9S. The molecule has 3 heterocycles. The number of sulfone groups is 1. The summed E-state index contributed by atoms with van der Waals surface area (Å²) < 4.78 is 133. The first-order valence-electron chi connectivity index (χ1n) is 27.2. The van der Waals surface area contributed by atoms with E-state index in [0.717, 1.165) is 52.4 Å². The molecule has 2 atom stereocenters. The molecule has 1 amide bonds. The number of para-hydroxylation sites is 1. The van der Waals surface area contributed by atoms with Gasteiger partial charge in [-0.05, 0) is 121 Å². The smallest absolute Gasteiger partial charge is 0.417 e. The number of nitrogens with one attached hydrogen (secondary N) is 3. The van der Waals surface area contributed by atoms with Crippen molar-refractivity contribution in [2.24, 2.45) is 5.10 Å². The van der Waals surface area contributed by atoms with Crippen molar-refractivity contribution in [3.63, 3.8) is 0 Å². The van der Waals surface area contributed by atoms with Gasteiger partial charge in [0.2, 0.25) is 9.84 Å². The molecule has 3 N–H and O–H groups in total. The number of hydrazine groups is 2. The summed E-state index contributed by atoms with van der Waals surface area (Å²) in [7, 11) is -0.948. The van der Waals surface area contributed by atoms with Gasteiger partial charge in [-0.1, -0.05) is 135 Å². The third-order valence-corrected chi connectivity index (χ3v) is 15.3. The predicted molar refractivity (Wildman–Crippen MR) is 322 cm³/mol. The number of hydrogen-bond acceptors (Lipinski definition) is 14. The van der Waals surface area contributed by atoms with Crippen LogP contribution in [0.1, 0.15) is 101 Å². The summed E-state index contributed by atoms with van der Waals surface area (Å²) in [6.07, 6.45) is -4.66. The molecule has 2 unspecified atom stereocenters. The number of ether oxygens (including phenoxy) is 5. The fraction of sp³-hybridized carbons (Fsp3) is 0.277. The molecule has 0 fully saturated rings. The van der Waals surface area contributed by atoms with E-state index in [9.17, 15) is 44.3 Å². The number of aldehydes is 1. The number of rotatable bonds is 14. The number of amidine groups is 1. The highest BCUT2D eigenvalue weighted by Gasteiger charge is 2.42. The minimum absolute atomic E-state index is 0. The van der Waals surface area contributed by atoms with Crippen LogP contribution in [0.15, 0.2) is 175 Å². The summed E-state index contributed by atoms with van der Waals surface area (Å²) in [6.45, 7) is 7.06. The lowest BCUT2D eigenvalue weighted by molar-refractivity contribution is -0.138. The largest absolute Gasteiger partial charge is 0.493 e. The molecule has 3 aliphatic rings. The first-order chi connectivity index (χ1) is 41.1. The van der Waals surface area contributed by atoms with E-state index >= 15 is 0 Å². The summed E-state index contributed by atoms with van der Waals surface area (Å²) in [5, 5.41) is 8.55. The molecule has 87 heavy (non-hydrogen) atoms. The molecule has 0 aliphatic carbocycles. The predicted octanol–water partition coefficient (Wildman–Crippen LogP) is 13.7. The molecule has 7 aromatic carbocycles. The normalized spacial score (nSPS) is 15.6. The number of anilines is 1. The molecule has 3 aliphatic heterocycles. The number of carbonyl (C=O) groups is 2. The Balaban J connectivity index is 0.000000211. The summed E-state index contributed by atoms with van der Waals surface area (Å²) >= 11 is 0. The second-order valence-corrected chi connectivity index (χ2v) is 22.7. The van der Waals surface area contributed by atoms with Gasteiger partial charge in [0.15, 0.2) is 29.3 Å². The van der Waals surface area contributed by atoms with Crippen LogP contribution in [0.4, 0.5) is 36.8 Å². The van der Waals surface area contributed by atoms with E-state index in [1.54, 1.807) is 70.4 Å². The Bertz CT molecular complexity index is 3630. The Morgan fingerprint density at radius 3 is 1.67 bits per heavy atom. The van der Waals surface area contributed by atoms with Crippen LogP contribution in [0.5, 0.6) is 23.0 Å². The third kappa shape index (κ3) is 17.2. The zero-order valence-corrected chi connectivity index (χ0v) is 48.4. The number of nitrogens with zero attached hydrogens (tertiary/aromatic N) is 3. The maximum Gasteiger partial charge on any atom is 0.417 e. The van der Waals surface area contributed by atoms with Gasteiger partial charge in [-0.25, -0.2) is 23.8 Å². The van der Waals surface area contributed by atoms with Gasteiger partial charge in [-0.15, -0.1) is 10.6 Å². The number of halogens is 6. The Morgan fingerprint density at radius 1 is 0.655 bits per heavy atom. The molecule has 0 saturated heterocycles. The molecule has 15 nitrogen and oxygen atoms in total. The molecule has 10 rings (SSSR count). The molecular weight excluding hydrogens is 1150 g/mol. The lowest BCUT2D eigenvalue weighted by Gasteiger charge is -2.38. The van der Waals surface area contributed by atoms with E-state index < -0.39 is 56.8 Å². The van der Waals surface area contributed by atoms with E-state index in [-0.39, 0.29) is 42.6 Å². The van der Waals surface area contributed by atoms with Crippen molar-refractivity contribution in [2.45, 2.75) is 84.3 Å². The molecule has 460 valence electrons. The number of carbonyl (C=O) groups excluding carboxylic acids is 2. The zero-order valence-electron chi connectivity index (χ0n) is 47.6. The van der Waals surface area contributed by atoms with E-state index in [1.807, 2.05) is 84.9 Å². The molecule has 0 spiro atoms. The standard InChI is InChI=1S/C30H35N5O6S.C26H24F3NO2.C8H5F3O.CH4/c1-30(2,3)41-29(36)34-16-15-22-17-27(40-19-21-11-7-5-8-12-21)26(39-4)18-24(22)25(34)20-42(37,38)28-31-32-33-35(28)23-13-9-6-10-14-23;1-31-24-16-21-20(15-25(24)32-17-18-7-3-2-4-8-18)13-14-30-23(21)12-11-19-9-5-6-10-22(19)26(27,28)29;9-8(10,11)7-4-2-1-3-6(7)5-12;/h5-14,17-18,25,32-33H,15-16,19-20H2,1-4H3;2-12,15-16,23,30H,13-14,17H2,1H3;1-5H;1H4/b;12-11+;;. The summed E-state index contributed by atoms with van der Waals surface area (Å²) in [5.74, 6) is 1.79. The Morgan fingerprint density at radius 2 is 1.15 bits per heavy atom. The number of alkyl halides is 6. The van der Waals surface area contributed by atoms with Gasteiger partial charge in [0.1, 0.15) is 18.8 Å². The molecule has 0 saturated carbocycles. The number of methoxy groups -OCH3 is 2. The van der Waals surface area contributed by atoms with Gasteiger partial charge >= 0.3 is 18.4 Å². The minimum Gasteiger partial charge on any atom is -0.493 e.